The highest BCUT2D eigenvalue weighted by atomic mass is 16.5. The van der Waals surface area contributed by atoms with E-state index < -0.39 is 5.54 Å². The van der Waals surface area contributed by atoms with Crippen LogP contribution < -0.4 is 9.72 Å². The molecule has 1 amide bonds. The molecule has 1 saturated heterocycles. The summed E-state index contributed by atoms with van der Waals surface area (Å²) in [6.45, 7) is 0.921. The van der Waals surface area contributed by atoms with Gasteiger partial charge in [-0.05, 0) is 30.4 Å². The quantitative estimate of drug-likeness (QED) is 0.456. The summed E-state index contributed by atoms with van der Waals surface area (Å²) in [5.74, 6) is 0.152. The Morgan fingerprint density at radius 3 is 2.80 bits per heavy atom. The number of carbonyl (C=O) groups excluding carboxylic acids is 1. The first kappa shape index (κ1) is 18.7. The van der Waals surface area contributed by atoms with Gasteiger partial charge in [0.1, 0.15) is 0 Å². The van der Waals surface area contributed by atoms with Crippen LogP contribution in [0.3, 0.4) is 0 Å². The van der Waals surface area contributed by atoms with E-state index in [1.807, 2.05) is 59.4 Å². The van der Waals surface area contributed by atoms with Crippen molar-refractivity contribution >= 4 is 22.2 Å². The number of amides is 1. The molecule has 3 aromatic heterocycles. The van der Waals surface area contributed by atoms with Crippen LogP contribution in [-0.2, 0) is 4.74 Å². The van der Waals surface area contributed by atoms with Crippen LogP contribution in [-0.4, -0.2) is 46.3 Å². The predicted molar refractivity (Wildman–Crippen MR) is 112 cm³/mol. The Kier molecular flexibility index (Phi) is 4.69. The second-order valence-corrected chi connectivity index (χ2v) is 7.72. The number of aromatic amines is 1. The van der Waals surface area contributed by atoms with Crippen molar-refractivity contribution in [2.75, 3.05) is 19.8 Å². The fourth-order valence-electron chi connectivity index (χ4n) is 4.16. The van der Waals surface area contributed by atoms with Gasteiger partial charge < -0.3 is 15.2 Å². The number of pyridine rings is 2. The molecule has 0 radical (unpaired) electrons. The van der Waals surface area contributed by atoms with Gasteiger partial charge in [-0.2, -0.15) is 4.40 Å². The van der Waals surface area contributed by atoms with Crippen LogP contribution in [0.5, 0.6) is 0 Å². The molecule has 7 heteroatoms. The van der Waals surface area contributed by atoms with Crippen molar-refractivity contribution in [2.45, 2.75) is 18.4 Å². The van der Waals surface area contributed by atoms with Crippen LogP contribution in [0.25, 0.3) is 27.5 Å². The lowest BCUT2D eigenvalue weighted by Gasteiger charge is -2.35. The Morgan fingerprint density at radius 1 is 1.17 bits per heavy atom. The van der Waals surface area contributed by atoms with E-state index in [-0.39, 0.29) is 12.5 Å². The van der Waals surface area contributed by atoms with Gasteiger partial charge in [0.2, 0.25) is 0 Å². The summed E-state index contributed by atoms with van der Waals surface area (Å²) in [5.41, 5.74) is 1.98. The van der Waals surface area contributed by atoms with E-state index in [0.717, 1.165) is 27.5 Å². The van der Waals surface area contributed by atoms with Gasteiger partial charge >= 0.3 is 11.7 Å². The molecule has 4 heterocycles. The van der Waals surface area contributed by atoms with Crippen LogP contribution in [0.1, 0.15) is 23.5 Å². The molecule has 7 nitrogen and oxygen atoms in total. The van der Waals surface area contributed by atoms with Gasteiger partial charge in [-0.15, -0.1) is 0 Å². The first-order chi connectivity index (χ1) is 14.7. The molecule has 1 aromatic carbocycles. The van der Waals surface area contributed by atoms with Gasteiger partial charge in [-0.25, -0.2) is 4.98 Å². The number of nitrogens with one attached hydrogen (secondary N) is 2. The summed E-state index contributed by atoms with van der Waals surface area (Å²) < 4.78 is 7.25. The summed E-state index contributed by atoms with van der Waals surface area (Å²) in [6.07, 6.45) is 6.67. The third-order valence-corrected chi connectivity index (χ3v) is 5.88. The number of ether oxygens (including phenoxy) is 1. The van der Waals surface area contributed by atoms with Gasteiger partial charge in [-0.3, -0.25) is 9.78 Å². The van der Waals surface area contributed by atoms with Crippen LogP contribution in [0.15, 0.2) is 61.1 Å². The minimum absolute atomic E-state index is 0.120. The summed E-state index contributed by atoms with van der Waals surface area (Å²) in [7, 11) is 0. The number of nitrogens with zero attached hydrogens (tertiary/aromatic N) is 2. The van der Waals surface area contributed by atoms with Crippen molar-refractivity contribution in [1.29, 1.82) is 0 Å². The highest BCUT2D eigenvalue weighted by Crippen LogP contribution is 2.29. The molecule has 0 saturated carbocycles. The Morgan fingerprint density at radius 2 is 1.97 bits per heavy atom. The highest BCUT2D eigenvalue weighted by molar-refractivity contribution is 5.99. The standard InChI is InChI=1S/C23H22N4O3/c28-15-23(8-11-30-12-9-23)26-22(29)21-25-20(19-7-3-4-10-27(19)21)18-14-24-13-16-5-1-2-6-17(16)18/h1-7,10,13-14,28H,8-9,11-12,15H2,(H,26,29)/p+1. The molecule has 0 aliphatic carbocycles. The smallest absolute Gasteiger partial charge is 0.351 e. The molecule has 1 fully saturated rings. The van der Waals surface area contributed by atoms with E-state index >= 15 is 0 Å². The molecule has 30 heavy (non-hydrogen) atoms. The van der Waals surface area contributed by atoms with E-state index in [1.54, 1.807) is 0 Å². The van der Waals surface area contributed by atoms with Gasteiger partial charge in [-0.1, -0.05) is 30.3 Å². The Bertz CT molecular complexity index is 1220. The van der Waals surface area contributed by atoms with E-state index in [1.165, 1.54) is 0 Å². The van der Waals surface area contributed by atoms with E-state index in [0.29, 0.717) is 31.9 Å². The number of hydrogen-bond acceptors (Lipinski definition) is 4. The molecule has 0 unspecified atom stereocenters. The van der Waals surface area contributed by atoms with Gasteiger partial charge in [0.25, 0.3) is 0 Å². The topological polar surface area (TPSA) is 91.3 Å². The fourth-order valence-corrected chi connectivity index (χ4v) is 4.16. The summed E-state index contributed by atoms with van der Waals surface area (Å²) in [6, 6.07) is 13.9. The first-order valence-electron chi connectivity index (χ1n) is 10.1. The normalized spacial score (nSPS) is 16.0. The fraction of sp³-hybridized carbons (Fsp3) is 0.261. The van der Waals surface area contributed by atoms with E-state index in [4.69, 9.17) is 4.74 Å². The minimum Gasteiger partial charge on any atom is -0.394 e. The second-order valence-electron chi connectivity index (χ2n) is 7.72. The zero-order chi connectivity index (χ0) is 20.6. The molecule has 3 N–H and O–H groups in total. The molecular weight excluding hydrogens is 380 g/mol. The molecule has 4 aromatic rings. The van der Waals surface area contributed by atoms with E-state index in [2.05, 4.69) is 21.4 Å². The minimum atomic E-state index is -0.663. The van der Waals surface area contributed by atoms with Gasteiger partial charge in [0.15, 0.2) is 11.2 Å². The lowest BCUT2D eigenvalue weighted by Crippen LogP contribution is -2.55. The number of fused-ring (bicyclic) bond motifs is 2. The number of aliphatic hydroxyl groups excluding tert-OH is 1. The van der Waals surface area contributed by atoms with Gasteiger partial charge in [0, 0.05) is 31.0 Å². The van der Waals surface area contributed by atoms with Crippen molar-refractivity contribution in [2.24, 2.45) is 0 Å². The number of hydrogen-bond donors (Lipinski definition) is 3. The second kappa shape index (κ2) is 7.51. The zero-order valence-electron chi connectivity index (χ0n) is 16.5. The average Bonchev–Trinajstić information content (AvgIpc) is 3.19. The molecule has 0 spiro atoms. The molecule has 1 aliphatic rings. The zero-order valence-corrected chi connectivity index (χ0v) is 16.5. The lowest BCUT2D eigenvalue weighted by atomic mass is 9.91. The van der Waals surface area contributed by atoms with Crippen LogP contribution in [0, 0.1) is 0 Å². The highest BCUT2D eigenvalue weighted by Gasteiger charge is 2.37. The molecule has 0 bridgehead atoms. The third kappa shape index (κ3) is 3.12. The summed E-state index contributed by atoms with van der Waals surface area (Å²) >= 11 is 0. The van der Waals surface area contributed by atoms with Crippen molar-refractivity contribution < 1.29 is 19.0 Å². The lowest BCUT2D eigenvalue weighted by molar-refractivity contribution is -0.514. The maximum absolute atomic E-state index is 13.3. The largest absolute Gasteiger partial charge is 0.394 e. The predicted octanol–water partition coefficient (Wildman–Crippen LogP) is 2.24. The summed E-state index contributed by atoms with van der Waals surface area (Å²) in [5, 5.41) is 15.1. The maximum Gasteiger partial charge on any atom is 0.351 e. The number of aromatic nitrogens is 3. The van der Waals surface area contributed by atoms with Crippen LogP contribution in [0.4, 0.5) is 0 Å². The van der Waals surface area contributed by atoms with Crippen molar-refractivity contribution in [3.63, 3.8) is 0 Å². The van der Waals surface area contributed by atoms with Crippen molar-refractivity contribution in [3.8, 4) is 11.3 Å². The van der Waals surface area contributed by atoms with Crippen molar-refractivity contribution in [3.05, 3.63) is 66.9 Å². The average molecular weight is 403 g/mol. The maximum atomic E-state index is 13.3. The molecular formula is C23H23N4O3+. The van der Waals surface area contributed by atoms with Crippen molar-refractivity contribution in [1.82, 2.24) is 15.3 Å². The monoisotopic (exact) mass is 403 g/mol. The summed E-state index contributed by atoms with van der Waals surface area (Å²) in [4.78, 5) is 21.0. The van der Waals surface area contributed by atoms with Crippen LogP contribution >= 0.6 is 0 Å². The third-order valence-electron chi connectivity index (χ3n) is 5.88. The van der Waals surface area contributed by atoms with Crippen LogP contribution in [0.2, 0.25) is 0 Å². The number of benzene rings is 1. The first-order valence-corrected chi connectivity index (χ1v) is 10.1. The molecule has 1 aliphatic heterocycles. The number of H-pyrrole nitrogens is 1. The SMILES string of the molecule is O=C(NC1(CO)CCOCC1)c1[nH]c(-c2cncc3ccccc23)c2cccc[n+]12. The van der Waals surface area contributed by atoms with E-state index in [9.17, 15) is 9.90 Å². The number of carbonyl (C=O) groups is 1. The molecule has 152 valence electrons. The van der Waals surface area contributed by atoms with Gasteiger partial charge in [0.05, 0.1) is 23.9 Å². The number of rotatable bonds is 4. The number of aliphatic hydroxyl groups is 1. The Hall–Kier alpha value is -3.29. The Labute approximate surface area is 173 Å². The molecule has 0 atom stereocenters. The molecule has 5 rings (SSSR count). The Balaban J connectivity index is 1.62. The number of imidazole rings is 1.